The monoisotopic (exact) mass is 334 g/mol. The smallest absolute Gasteiger partial charge is 0.347 e. The van der Waals surface area contributed by atoms with Crippen LogP contribution in [0, 0.1) is 11.8 Å². The molecule has 1 saturated carbocycles. The maximum atomic E-state index is 12.0. The maximum absolute atomic E-state index is 12.0. The zero-order chi connectivity index (χ0) is 17.0. The summed E-state index contributed by atoms with van der Waals surface area (Å²) in [4.78, 5) is 23.2. The molecule has 10 heteroatoms. The highest BCUT2D eigenvalue weighted by Crippen LogP contribution is 2.29. The second kappa shape index (κ2) is 7.19. The van der Waals surface area contributed by atoms with Gasteiger partial charge in [-0.25, -0.2) is 0 Å². The molecule has 1 aliphatic carbocycles. The molecule has 0 heterocycles. The van der Waals surface area contributed by atoms with Crippen molar-refractivity contribution in [3.63, 3.8) is 0 Å². The van der Waals surface area contributed by atoms with Crippen molar-refractivity contribution in [1.82, 2.24) is 10.6 Å². The lowest BCUT2D eigenvalue weighted by atomic mass is 9.80. The van der Waals surface area contributed by atoms with Crippen LogP contribution in [0.4, 0.5) is 26.3 Å². The van der Waals surface area contributed by atoms with Crippen molar-refractivity contribution in [3.8, 4) is 0 Å². The van der Waals surface area contributed by atoms with Crippen molar-refractivity contribution in [2.24, 2.45) is 11.8 Å². The van der Waals surface area contributed by atoms with Crippen molar-refractivity contribution in [2.75, 3.05) is 13.1 Å². The molecule has 1 fully saturated rings. The first-order valence-corrected chi connectivity index (χ1v) is 6.67. The summed E-state index contributed by atoms with van der Waals surface area (Å²) in [5.41, 5.74) is 0. The molecule has 0 aliphatic heterocycles. The standard InChI is InChI=1S/C12H16F6N2O2/c13-11(14,15)5-19-9(21)7-2-1-3-8(4-7)10(22)20-6-12(16,17)18/h7-8H,1-6H2,(H,19,21)(H,20,22)/t7-,8-/m0/s1. The Morgan fingerprint density at radius 1 is 0.818 bits per heavy atom. The molecule has 4 nitrogen and oxygen atoms in total. The van der Waals surface area contributed by atoms with Crippen LogP contribution >= 0.6 is 0 Å². The second-order valence-electron chi connectivity index (χ2n) is 5.23. The Kier molecular flexibility index (Phi) is 6.07. The van der Waals surface area contributed by atoms with Gasteiger partial charge in [0.05, 0.1) is 0 Å². The van der Waals surface area contributed by atoms with Gasteiger partial charge in [-0.2, -0.15) is 26.3 Å². The molecule has 2 atom stereocenters. The Morgan fingerprint density at radius 2 is 1.18 bits per heavy atom. The molecule has 0 spiro atoms. The van der Waals surface area contributed by atoms with E-state index in [4.69, 9.17) is 0 Å². The normalized spacial score (nSPS) is 23.0. The van der Waals surface area contributed by atoms with Gasteiger partial charge in [0.1, 0.15) is 13.1 Å². The number of nitrogens with one attached hydrogen (secondary N) is 2. The van der Waals surface area contributed by atoms with Crippen molar-refractivity contribution in [1.29, 1.82) is 0 Å². The lowest BCUT2D eigenvalue weighted by Gasteiger charge is -2.27. The summed E-state index contributed by atoms with van der Waals surface area (Å²) in [5, 5.41) is 3.46. The fourth-order valence-corrected chi connectivity index (χ4v) is 2.33. The van der Waals surface area contributed by atoms with Gasteiger partial charge in [0, 0.05) is 11.8 Å². The molecule has 0 aromatic carbocycles. The zero-order valence-electron chi connectivity index (χ0n) is 11.5. The second-order valence-corrected chi connectivity index (χ2v) is 5.23. The Morgan fingerprint density at radius 3 is 1.50 bits per heavy atom. The van der Waals surface area contributed by atoms with E-state index in [1.165, 1.54) is 0 Å². The van der Waals surface area contributed by atoms with E-state index < -0.39 is 49.1 Å². The molecule has 0 aromatic heterocycles. The third-order valence-corrected chi connectivity index (χ3v) is 3.34. The molecule has 1 rings (SSSR count). The topological polar surface area (TPSA) is 58.2 Å². The highest BCUT2D eigenvalue weighted by atomic mass is 19.4. The highest BCUT2D eigenvalue weighted by molar-refractivity contribution is 5.82. The summed E-state index contributed by atoms with van der Waals surface area (Å²) in [6, 6.07) is 0. The van der Waals surface area contributed by atoms with Crippen LogP contribution in [-0.2, 0) is 9.59 Å². The quantitative estimate of drug-likeness (QED) is 0.774. The van der Waals surface area contributed by atoms with Crippen LogP contribution in [0.25, 0.3) is 0 Å². The highest BCUT2D eigenvalue weighted by Gasteiger charge is 2.35. The van der Waals surface area contributed by atoms with E-state index in [0.717, 1.165) is 0 Å². The number of hydrogen-bond acceptors (Lipinski definition) is 2. The fourth-order valence-electron chi connectivity index (χ4n) is 2.33. The van der Waals surface area contributed by atoms with E-state index in [2.05, 4.69) is 0 Å². The number of amides is 2. The first-order valence-electron chi connectivity index (χ1n) is 6.67. The van der Waals surface area contributed by atoms with E-state index in [-0.39, 0.29) is 6.42 Å². The van der Waals surface area contributed by atoms with Crippen molar-refractivity contribution < 1.29 is 35.9 Å². The summed E-state index contributed by atoms with van der Waals surface area (Å²) in [6.45, 7) is -2.93. The van der Waals surface area contributed by atoms with Gasteiger partial charge in [-0.3, -0.25) is 9.59 Å². The van der Waals surface area contributed by atoms with Gasteiger partial charge in [-0.05, 0) is 19.3 Å². The zero-order valence-corrected chi connectivity index (χ0v) is 11.5. The fraction of sp³-hybridized carbons (Fsp3) is 0.833. The van der Waals surface area contributed by atoms with Crippen LogP contribution in [0.1, 0.15) is 25.7 Å². The average molecular weight is 334 g/mol. The van der Waals surface area contributed by atoms with Crippen molar-refractivity contribution in [3.05, 3.63) is 0 Å². The Labute approximate surface area is 122 Å². The van der Waals surface area contributed by atoms with E-state index >= 15 is 0 Å². The predicted octanol–water partition coefficient (Wildman–Crippen LogP) is 2.15. The molecule has 0 radical (unpaired) electrons. The summed E-state index contributed by atoms with van der Waals surface area (Å²) in [5.74, 6) is -3.24. The number of carbonyl (C=O) groups is 2. The minimum absolute atomic E-state index is 0.0482. The molecule has 1 aliphatic rings. The van der Waals surface area contributed by atoms with Crippen LogP contribution in [0.3, 0.4) is 0 Å². The van der Waals surface area contributed by atoms with Crippen molar-refractivity contribution in [2.45, 2.75) is 38.0 Å². The summed E-state index contributed by atoms with van der Waals surface area (Å²) in [6.07, 6.45) is -8.09. The minimum Gasteiger partial charge on any atom is -0.347 e. The molecule has 0 saturated heterocycles. The van der Waals surface area contributed by atoms with E-state index in [9.17, 15) is 35.9 Å². The summed E-state index contributed by atoms with van der Waals surface area (Å²) >= 11 is 0. The van der Waals surface area contributed by atoms with E-state index in [0.29, 0.717) is 19.3 Å². The number of rotatable bonds is 4. The van der Waals surface area contributed by atoms with E-state index in [1.54, 1.807) is 10.6 Å². The molecule has 0 bridgehead atoms. The SMILES string of the molecule is O=C(NCC(F)(F)F)[C@H]1CCC[C@H](C(=O)NCC(F)(F)F)C1. The minimum atomic E-state index is -4.53. The van der Waals surface area contributed by atoms with E-state index in [1.807, 2.05) is 0 Å². The van der Waals surface area contributed by atoms with Crippen LogP contribution < -0.4 is 10.6 Å². The molecule has 2 amide bonds. The molecular formula is C12H16F6N2O2. The average Bonchev–Trinajstić information content (AvgIpc) is 2.40. The Hall–Kier alpha value is -1.48. The third kappa shape index (κ3) is 6.99. The molecular weight excluding hydrogens is 318 g/mol. The molecule has 0 aromatic rings. The van der Waals surface area contributed by atoms with Crippen LogP contribution in [0.15, 0.2) is 0 Å². The van der Waals surface area contributed by atoms with Gasteiger partial charge in [-0.1, -0.05) is 6.42 Å². The van der Waals surface area contributed by atoms with Gasteiger partial charge in [0.15, 0.2) is 0 Å². The summed E-state index contributed by atoms with van der Waals surface area (Å²) in [7, 11) is 0. The molecule has 22 heavy (non-hydrogen) atoms. The molecule has 0 unspecified atom stereocenters. The number of carbonyl (C=O) groups excluding carboxylic acids is 2. The third-order valence-electron chi connectivity index (χ3n) is 3.34. The van der Waals surface area contributed by atoms with Crippen molar-refractivity contribution >= 4 is 11.8 Å². The Bertz CT molecular complexity index is 371. The van der Waals surface area contributed by atoms with Gasteiger partial charge >= 0.3 is 12.4 Å². The van der Waals surface area contributed by atoms with Gasteiger partial charge in [-0.15, -0.1) is 0 Å². The lowest BCUT2D eigenvalue weighted by molar-refractivity contribution is -0.144. The maximum Gasteiger partial charge on any atom is 0.405 e. The largest absolute Gasteiger partial charge is 0.405 e. The predicted molar refractivity (Wildman–Crippen MR) is 63.6 cm³/mol. The van der Waals surface area contributed by atoms with Gasteiger partial charge < -0.3 is 10.6 Å². The first kappa shape index (κ1) is 18.6. The van der Waals surface area contributed by atoms with Gasteiger partial charge in [0.2, 0.25) is 11.8 Å². The number of halogens is 6. The van der Waals surface area contributed by atoms with Crippen LogP contribution in [-0.4, -0.2) is 37.3 Å². The van der Waals surface area contributed by atoms with Crippen LogP contribution in [0.2, 0.25) is 0 Å². The summed E-state index contributed by atoms with van der Waals surface area (Å²) < 4.78 is 72.1. The van der Waals surface area contributed by atoms with Gasteiger partial charge in [0.25, 0.3) is 0 Å². The Balaban J connectivity index is 2.46. The lowest BCUT2D eigenvalue weighted by Crippen LogP contribution is -2.43. The number of hydrogen-bond donors (Lipinski definition) is 2. The molecule has 2 N–H and O–H groups in total. The first-order chi connectivity index (χ1) is 9.98. The molecule has 128 valence electrons. The number of alkyl halides is 6. The van der Waals surface area contributed by atoms with Crippen LogP contribution in [0.5, 0.6) is 0 Å².